The van der Waals surface area contributed by atoms with Gasteiger partial charge in [0, 0.05) is 0 Å². The molecule has 10 aliphatic rings. The van der Waals surface area contributed by atoms with Crippen molar-refractivity contribution in [2.24, 2.45) is 61.6 Å². The van der Waals surface area contributed by atoms with Gasteiger partial charge in [-0.05, 0) is 74.4 Å². The molecule has 0 aromatic rings. The Labute approximate surface area is 88.8 Å². The van der Waals surface area contributed by atoms with Gasteiger partial charge in [-0.1, -0.05) is 13.8 Å². The first-order valence-electron chi connectivity index (χ1n) is 7.17. The van der Waals surface area contributed by atoms with E-state index in [1.165, 1.54) is 23.7 Å². The minimum absolute atomic E-state index is 0.907. The van der Waals surface area contributed by atoms with Crippen molar-refractivity contribution in [2.45, 2.75) is 26.7 Å². The van der Waals surface area contributed by atoms with Gasteiger partial charge in [-0.25, -0.2) is 0 Å². The molecule has 0 aliphatic heterocycles. The number of fused-ring (bicyclic) bond motifs is 2. The van der Waals surface area contributed by atoms with E-state index in [9.17, 15) is 0 Å². The Hall–Kier alpha value is 0. The van der Waals surface area contributed by atoms with E-state index < -0.39 is 0 Å². The molecule has 0 aromatic carbocycles. The minimum atomic E-state index is 0.907. The van der Waals surface area contributed by atoms with Crippen LogP contribution >= 0.6 is 0 Å². The van der Waals surface area contributed by atoms with Gasteiger partial charge in [-0.3, -0.25) is 0 Å². The first-order valence-corrected chi connectivity index (χ1v) is 7.17. The van der Waals surface area contributed by atoms with Crippen LogP contribution in [0, 0.1) is 61.6 Å². The van der Waals surface area contributed by atoms with Crippen molar-refractivity contribution in [3.05, 3.63) is 0 Å². The highest BCUT2D eigenvalue weighted by molar-refractivity contribution is 5.89. The van der Waals surface area contributed by atoms with Gasteiger partial charge in [0.05, 0.1) is 0 Å². The maximum atomic E-state index is 2.75. The zero-order valence-corrected chi connectivity index (χ0v) is 9.22. The predicted molar refractivity (Wildman–Crippen MR) is 51.6 cm³/mol. The van der Waals surface area contributed by atoms with Gasteiger partial charge in [0.15, 0.2) is 0 Å². The van der Waals surface area contributed by atoms with Gasteiger partial charge < -0.3 is 0 Å². The maximum absolute atomic E-state index is 2.75. The van der Waals surface area contributed by atoms with Crippen LogP contribution in [0.2, 0.25) is 0 Å². The molecule has 0 bridgehead atoms. The molecular weight excluding hydrogens is 180 g/mol. The molecule has 11 unspecified atom stereocenters. The molecule has 74 valence electrons. The third-order valence-electron chi connectivity index (χ3n) is 11.9. The van der Waals surface area contributed by atoms with Gasteiger partial charge in [0.2, 0.25) is 0 Å². The molecule has 0 heterocycles. The van der Waals surface area contributed by atoms with Crippen LogP contribution in [-0.2, 0) is 0 Å². The highest BCUT2D eigenvalue weighted by Gasteiger charge is 3.43. The summed E-state index contributed by atoms with van der Waals surface area (Å²) in [5.41, 5.74) is 6.99. The maximum Gasteiger partial charge on any atom is -0.00624 e. The van der Waals surface area contributed by atoms with Gasteiger partial charge in [0.25, 0.3) is 0 Å². The monoisotopic (exact) mass is 194 g/mol. The molecule has 11 atom stereocenters. The lowest BCUT2D eigenvalue weighted by molar-refractivity contribution is -0.524. The van der Waals surface area contributed by atoms with Crippen molar-refractivity contribution >= 4 is 0 Å². The molecule has 0 radical (unpaired) electrons. The van der Waals surface area contributed by atoms with E-state index in [0.717, 1.165) is 37.9 Å². The summed E-state index contributed by atoms with van der Waals surface area (Å²) in [5, 5.41) is 0. The fourth-order valence-electron chi connectivity index (χ4n) is 13.8. The lowest BCUT2D eigenvalue weighted by Gasteiger charge is -2.98. The van der Waals surface area contributed by atoms with E-state index in [0.29, 0.717) is 0 Å². The van der Waals surface area contributed by atoms with Crippen molar-refractivity contribution in [1.29, 1.82) is 0 Å². The zero-order chi connectivity index (χ0) is 9.22. The van der Waals surface area contributed by atoms with E-state index in [-0.39, 0.29) is 0 Å². The molecule has 0 heteroatoms. The van der Waals surface area contributed by atoms with Crippen LogP contribution in [0.5, 0.6) is 0 Å². The van der Waals surface area contributed by atoms with E-state index in [1.807, 2.05) is 0 Å². The Balaban J connectivity index is 1.74. The van der Waals surface area contributed by atoms with E-state index >= 15 is 0 Å². The molecule has 10 aliphatic carbocycles. The summed E-state index contributed by atoms with van der Waals surface area (Å²) < 4.78 is 0. The number of hydrogen-bond acceptors (Lipinski definition) is 0. The average Bonchev–Trinajstić information content (AvgIpc) is 2.88. The van der Waals surface area contributed by atoms with Crippen molar-refractivity contribution in [1.82, 2.24) is 0 Å². The Morgan fingerprint density at radius 3 is 2.73 bits per heavy atom. The first kappa shape index (κ1) is 5.56. The van der Waals surface area contributed by atoms with Crippen molar-refractivity contribution in [3.63, 3.8) is 0 Å². The fourth-order valence-corrected chi connectivity index (χ4v) is 13.8. The highest BCUT2D eigenvalue weighted by Crippen LogP contribution is 3.46. The number of hydrogen-bond donors (Lipinski definition) is 0. The van der Waals surface area contributed by atoms with E-state index in [1.54, 1.807) is 12.8 Å². The molecule has 0 saturated heterocycles. The van der Waals surface area contributed by atoms with E-state index in [4.69, 9.17) is 0 Å². The van der Waals surface area contributed by atoms with Crippen molar-refractivity contribution in [3.8, 4) is 0 Å². The molecule has 0 nitrogen and oxygen atoms in total. The molecule has 5 spiro atoms. The molecule has 15 heavy (non-hydrogen) atoms. The summed E-state index contributed by atoms with van der Waals surface area (Å²) in [7, 11) is 0. The average molecular weight is 194 g/mol. The highest BCUT2D eigenvalue weighted by atomic mass is 15.5. The second kappa shape index (κ2) is 0.754. The first-order chi connectivity index (χ1) is 7.17. The molecule has 10 fully saturated rings. The second-order valence-electron chi connectivity index (χ2n) is 9.27. The van der Waals surface area contributed by atoms with Gasteiger partial charge in [-0.15, -0.1) is 0 Å². The molecule has 0 N–H and O–H groups in total. The third kappa shape index (κ3) is 0.117. The second-order valence-corrected chi connectivity index (χ2v) is 9.27. The summed E-state index contributed by atoms with van der Waals surface area (Å²) in [5.74, 6) is 5.15. The van der Waals surface area contributed by atoms with Crippen molar-refractivity contribution in [2.75, 3.05) is 0 Å². The summed E-state index contributed by atoms with van der Waals surface area (Å²) in [6, 6.07) is 0. The Kier molecular flexibility index (Phi) is 0.280. The number of rotatable bonds is 0. The van der Waals surface area contributed by atoms with Crippen LogP contribution in [0.25, 0.3) is 0 Å². The smallest absolute Gasteiger partial charge is 0.00624 e. The Morgan fingerprint density at radius 1 is 1.00 bits per heavy atom. The summed E-state index contributed by atoms with van der Waals surface area (Å²) in [6.45, 7) is 5.49. The van der Waals surface area contributed by atoms with Crippen LogP contribution < -0.4 is 0 Å². The molecule has 10 saturated carbocycles. The SMILES string of the molecule is CC12C3C45CC6C7C8CC49C1(C)C89C72C635. The van der Waals surface area contributed by atoms with Gasteiger partial charge in [-0.2, -0.15) is 0 Å². The predicted octanol–water partition coefficient (Wildman–Crippen LogP) is 2.30. The van der Waals surface area contributed by atoms with Crippen LogP contribution in [-0.4, -0.2) is 0 Å². The molecule has 0 aromatic heterocycles. The lowest BCUT2D eigenvalue weighted by atomic mass is 9.05. The van der Waals surface area contributed by atoms with Crippen LogP contribution in [0.4, 0.5) is 0 Å². The summed E-state index contributed by atoms with van der Waals surface area (Å²) in [6.07, 6.45) is 3.45. The van der Waals surface area contributed by atoms with Gasteiger partial charge in [0.1, 0.15) is 0 Å². The topological polar surface area (TPSA) is 0 Å². The van der Waals surface area contributed by atoms with Crippen LogP contribution in [0.3, 0.4) is 0 Å². The summed E-state index contributed by atoms with van der Waals surface area (Å²) in [4.78, 5) is 0. The van der Waals surface area contributed by atoms with E-state index in [2.05, 4.69) is 13.8 Å². The Morgan fingerprint density at radius 2 is 1.87 bits per heavy atom. The Bertz CT molecular complexity index is 626. The van der Waals surface area contributed by atoms with Gasteiger partial charge >= 0.3 is 0 Å². The lowest BCUT2D eigenvalue weighted by Crippen LogP contribution is -2.95. The standard InChI is InChI=1S/C15H14/c1-9-8-11-3-5-7-6-4-12(11)10(9,2)14(6,12)15(7,9)13(5,8)11/h5-8H,3-4H2,1-2H3. The van der Waals surface area contributed by atoms with Crippen LogP contribution in [0.15, 0.2) is 0 Å². The van der Waals surface area contributed by atoms with Crippen molar-refractivity contribution < 1.29 is 0 Å². The minimum Gasteiger partial charge on any atom is -0.0582 e. The molecule has 0 amide bonds. The zero-order valence-electron chi connectivity index (χ0n) is 9.22. The normalized spacial score (nSPS) is 122. The largest absolute Gasteiger partial charge is 0.0582 e. The third-order valence-corrected chi connectivity index (χ3v) is 11.9. The fraction of sp³-hybridized carbons (Fsp3) is 1.00. The molecule has 10 rings (SSSR count). The quantitative estimate of drug-likeness (QED) is 0.555. The van der Waals surface area contributed by atoms with Crippen LogP contribution in [0.1, 0.15) is 26.7 Å². The molecular formula is C15H14. The summed E-state index contributed by atoms with van der Waals surface area (Å²) >= 11 is 0.